The first-order chi connectivity index (χ1) is 20.7. The topological polar surface area (TPSA) is 137 Å². The minimum Gasteiger partial charge on any atom is -0.454 e. The number of amides is 2. The number of Topliss-reactive ketones (excluding diaryl/α,β-unsaturated/α-hetero) is 1. The molecule has 0 aromatic heterocycles. The molecule has 0 saturated carbocycles. The van der Waals surface area contributed by atoms with Gasteiger partial charge in [0.05, 0.1) is 11.6 Å². The van der Waals surface area contributed by atoms with Gasteiger partial charge in [0.15, 0.2) is 12.4 Å². The summed E-state index contributed by atoms with van der Waals surface area (Å²) in [6.07, 6.45) is 0.950. The van der Waals surface area contributed by atoms with Gasteiger partial charge in [0.1, 0.15) is 12.6 Å². The molecule has 2 atom stereocenters. The van der Waals surface area contributed by atoms with Crippen LogP contribution in [-0.4, -0.2) is 49.0 Å². The van der Waals surface area contributed by atoms with Gasteiger partial charge in [-0.25, -0.2) is 9.59 Å². The van der Waals surface area contributed by atoms with E-state index in [1.807, 2.05) is 93.6 Å². The molecular weight excluding hydrogens is 546 g/mol. The lowest BCUT2D eigenvalue weighted by atomic mass is 10.00. The monoisotopic (exact) mass is 587 g/mol. The van der Waals surface area contributed by atoms with Gasteiger partial charge >= 0.3 is 12.1 Å². The number of nitrogens with one attached hydrogen (secondary N) is 2. The molecule has 0 aliphatic carbocycles. The standard InChI is InChI=1S/C34H41N3O6/c1-23-18-24(2)31(25(3)19-23)33(40)42-22-30(38)28(16-10-11-17-35)36-32(39)29(20-26-12-6-4-7-13-26)37-34(41)43-21-27-14-8-5-9-15-27/h4-9,12-15,18-19,28-29H,10-11,16-17,20-22,35H2,1-3H3,(H,36,39)(H,37,41)/t28-,29-/m0/s1. The van der Waals surface area contributed by atoms with Crippen molar-refractivity contribution in [3.05, 3.63) is 106 Å². The third-order valence-corrected chi connectivity index (χ3v) is 6.98. The third kappa shape index (κ3) is 10.7. The molecule has 0 spiro atoms. The van der Waals surface area contributed by atoms with E-state index in [1.165, 1.54) is 0 Å². The molecule has 43 heavy (non-hydrogen) atoms. The van der Waals surface area contributed by atoms with Crippen molar-refractivity contribution in [1.82, 2.24) is 10.6 Å². The fraction of sp³-hybridized carbons (Fsp3) is 0.353. The zero-order valence-electron chi connectivity index (χ0n) is 25.1. The van der Waals surface area contributed by atoms with Crippen molar-refractivity contribution in [1.29, 1.82) is 0 Å². The minimum atomic E-state index is -1.02. The van der Waals surface area contributed by atoms with Crippen LogP contribution in [0.25, 0.3) is 0 Å². The quantitative estimate of drug-likeness (QED) is 0.176. The summed E-state index contributed by atoms with van der Waals surface area (Å²) >= 11 is 0. The van der Waals surface area contributed by atoms with E-state index in [-0.39, 0.29) is 13.0 Å². The highest BCUT2D eigenvalue weighted by Crippen LogP contribution is 2.18. The van der Waals surface area contributed by atoms with Crippen LogP contribution in [0.1, 0.15) is 57.4 Å². The maximum atomic E-state index is 13.5. The Hall–Kier alpha value is -4.50. The Balaban J connectivity index is 1.70. The number of nitrogens with two attached hydrogens (primary N) is 1. The molecule has 0 saturated heterocycles. The molecular formula is C34H41N3O6. The smallest absolute Gasteiger partial charge is 0.408 e. The number of hydrogen-bond acceptors (Lipinski definition) is 7. The van der Waals surface area contributed by atoms with Crippen molar-refractivity contribution in [2.45, 2.75) is 65.1 Å². The fourth-order valence-electron chi connectivity index (χ4n) is 4.86. The van der Waals surface area contributed by atoms with E-state index < -0.39 is 42.4 Å². The molecule has 0 unspecified atom stereocenters. The average molecular weight is 588 g/mol. The van der Waals surface area contributed by atoms with Crippen LogP contribution in [0.15, 0.2) is 72.8 Å². The van der Waals surface area contributed by atoms with Gasteiger partial charge < -0.3 is 25.8 Å². The molecule has 0 bridgehead atoms. The predicted octanol–water partition coefficient (Wildman–Crippen LogP) is 4.49. The SMILES string of the molecule is Cc1cc(C)c(C(=O)OCC(=O)[C@H](CCCCN)NC(=O)[C@H](Cc2ccccc2)NC(=O)OCc2ccccc2)c(C)c1. The molecule has 0 aliphatic rings. The minimum absolute atomic E-state index is 0.0395. The molecule has 228 valence electrons. The first-order valence-electron chi connectivity index (χ1n) is 14.5. The van der Waals surface area contributed by atoms with Gasteiger partial charge in [0.2, 0.25) is 5.91 Å². The van der Waals surface area contributed by atoms with Crippen LogP contribution in [0, 0.1) is 20.8 Å². The molecule has 3 aromatic carbocycles. The number of alkyl carbamates (subject to hydrolysis) is 1. The van der Waals surface area contributed by atoms with Gasteiger partial charge in [0.25, 0.3) is 0 Å². The first-order valence-corrected chi connectivity index (χ1v) is 14.5. The number of aryl methyl sites for hydroxylation is 3. The van der Waals surface area contributed by atoms with E-state index in [4.69, 9.17) is 15.2 Å². The molecule has 9 heteroatoms. The van der Waals surface area contributed by atoms with Gasteiger partial charge in [-0.05, 0) is 68.8 Å². The van der Waals surface area contributed by atoms with E-state index >= 15 is 0 Å². The third-order valence-electron chi connectivity index (χ3n) is 6.98. The average Bonchev–Trinajstić information content (AvgIpc) is 2.98. The molecule has 4 N–H and O–H groups in total. The van der Waals surface area contributed by atoms with Crippen LogP contribution in [0.3, 0.4) is 0 Å². The predicted molar refractivity (Wildman–Crippen MR) is 164 cm³/mol. The van der Waals surface area contributed by atoms with Crippen molar-refractivity contribution < 1.29 is 28.7 Å². The first kappa shape index (κ1) is 33.0. The molecule has 0 heterocycles. The largest absolute Gasteiger partial charge is 0.454 e. The molecule has 3 rings (SSSR count). The normalized spacial score (nSPS) is 12.1. The number of ketones is 1. The summed E-state index contributed by atoms with van der Waals surface area (Å²) in [5.74, 6) is -1.60. The molecule has 0 fully saturated rings. The lowest BCUT2D eigenvalue weighted by Gasteiger charge is -2.23. The van der Waals surface area contributed by atoms with Gasteiger partial charge in [-0.15, -0.1) is 0 Å². The zero-order chi connectivity index (χ0) is 31.2. The Bertz CT molecular complexity index is 1350. The Labute approximate surface area is 253 Å². The number of carbonyl (C=O) groups is 4. The van der Waals surface area contributed by atoms with Crippen LogP contribution < -0.4 is 16.4 Å². The van der Waals surface area contributed by atoms with Crippen molar-refractivity contribution >= 4 is 23.8 Å². The fourth-order valence-corrected chi connectivity index (χ4v) is 4.86. The number of rotatable bonds is 15. The number of benzene rings is 3. The second-order valence-electron chi connectivity index (χ2n) is 10.6. The molecule has 0 radical (unpaired) electrons. The molecule has 9 nitrogen and oxygen atoms in total. The summed E-state index contributed by atoms with van der Waals surface area (Å²) in [5, 5.41) is 5.42. The second-order valence-corrected chi connectivity index (χ2v) is 10.6. The number of esters is 1. The maximum absolute atomic E-state index is 13.5. The number of unbranched alkanes of at least 4 members (excludes halogenated alkanes) is 1. The van der Waals surface area contributed by atoms with Crippen LogP contribution in [0.4, 0.5) is 4.79 Å². The highest BCUT2D eigenvalue weighted by molar-refractivity contribution is 5.96. The summed E-state index contributed by atoms with van der Waals surface area (Å²) in [7, 11) is 0. The molecule has 3 aromatic rings. The summed E-state index contributed by atoms with van der Waals surface area (Å²) in [4.78, 5) is 52.3. The molecule has 0 aliphatic heterocycles. The van der Waals surface area contributed by atoms with Crippen LogP contribution in [0.5, 0.6) is 0 Å². The van der Waals surface area contributed by atoms with Crippen LogP contribution in [0.2, 0.25) is 0 Å². The lowest BCUT2D eigenvalue weighted by molar-refractivity contribution is -0.130. The Morgan fingerprint density at radius 3 is 1.98 bits per heavy atom. The van der Waals surface area contributed by atoms with Crippen molar-refractivity contribution in [2.75, 3.05) is 13.2 Å². The Morgan fingerprint density at radius 2 is 1.37 bits per heavy atom. The number of carbonyl (C=O) groups excluding carboxylic acids is 4. The summed E-state index contributed by atoms with van der Waals surface area (Å²) in [6.45, 7) is 5.54. The van der Waals surface area contributed by atoms with Crippen molar-refractivity contribution in [3.63, 3.8) is 0 Å². The van der Waals surface area contributed by atoms with Crippen LogP contribution in [-0.2, 0) is 32.1 Å². The van der Waals surface area contributed by atoms with Gasteiger partial charge in [-0.1, -0.05) is 78.4 Å². The number of hydrogen-bond donors (Lipinski definition) is 3. The second kappa shape index (κ2) is 16.8. The van der Waals surface area contributed by atoms with E-state index in [0.717, 1.165) is 27.8 Å². The number of ether oxygens (including phenoxy) is 2. The highest BCUT2D eigenvalue weighted by Gasteiger charge is 2.28. The Kier molecular flexibility index (Phi) is 12.9. The summed E-state index contributed by atoms with van der Waals surface area (Å²) < 4.78 is 10.7. The van der Waals surface area contributed by atoms with E-state index in [1.54, 1.807) is 0 Å². The van der Waals surface area contributed by atoms with Gasteiger partial charge in [-0.3, -0.25) is 9.59 Å². The maximum Gasteiger partial charge on any atom is 0.408 e. The van der Waals surface area contributed by atoms with Crippen molar-refractivity contribution in [2.24, 2.45) is 5.73 Å². The van der Waals surface area contributed by atoms with Crippen molar-refractivity contribution in [3.8, 4) is 0 Å². The summed E-state index contributed by atoms with van der Waals surface area (Å²) in [6, 6.07) is 20.2. The van der Waals surface area contributed by atoms with E-state index in [2.05, 4.69) is 10.6 Å². The lowest BCUT2D eigenvalue weighted by Crippen LogP contribution is -2.53. The van der Waals surface area contributed by atoms with E-state index in [9.17, 15) is 19.2 Å². The highest BCUT2D eigenvalue weighted by atomic mass is 16.5. The summed E-state index contributed by atoms with van der Waals surface area (Å²) in [5.41, 5.74) is 10.2. The zero-order valence-corrected chi connectivity index (χ0v) is 25.1. The van der Waals surface area contributed by atoms with E-state index in [0.29, 0.717) is 31.4 Å². The van der Waals surface area contributed by atoms with Gasteiger partial charge in [-0.2, -0.15) is 0 Å². The van der Waals surface area contributed by atoms with Crippen LogP contribution >= 0.6 is 0 Å². The molecule has 2 amide bonds. The Morgan fingerprint density at radius 1 is 0.767 bits per heavy atom. The van der Waals surface area contributed by atoms with Gasteiger partial charge in [0, 0.05) is 6.42 Å².